The number of aryl methyl sites for hydroxylation is 1. The van der Waals surface area contributed by atoms with Gasteiger partial charge >= 0.3 is 5.97 Å². The summed E-state index contributed by atoms with van der Waals surface area (Å²) in [6.45, 7) is 4.05. The number of esters is 1. The molecule has 0 spiro atoms. The van der Waals surface area contributed by atoms with Crippen molar-refractivity contribution in [2.24, 2.45) is 0 Å². The van der Waals surface area contributed by atoms with Crippen LogP contribution in [0.25, 0.3) is 33.4 Å². The van der Waals surface area contributed by atoms with Crippen LogP contribution >= 0.6 is 0 Å². The fourth-order valence-corrected chi connectivity index (χ4v) is 5.57. The van der Waals surface area contributed by atoms with Gasteiger partial charge in [0.2, 0.25) is 6.79 Å². The number of ether oxygens (including phenoxy) is 3. The molecule has 4 aromatic rings. The van der Waals surface area contributed by atoms with Crippen LogP contribution in [-0.4, -0.2) is 27.4 Å². The zero-order chi connectivity index (χ0) is 24.8. The summed E-state index contributed by atoms with van der Waals surface area (Å²) in [6, 6.07) is 13.8. The van der Waals surface area contributed by atoms with Crippen molar-refractivity contribution >= 4 is 16.9 Å². The summed E-state index contributed by atoms with van der Waals surface area (Å²) in [5, 5.41) is 12.0. The third-order valence-corrected chi connectivity index (χ3v) is 7.46. The summed E-state index contributed by atoms with van der Waals surface area (Å²) < 4.78 is 18.4. The van der Waals surface area contributed by atoms with Crippen LogP contribution in [0.4, 0.5) is 0 Å². The normalized spacial score (nSPS) is 19.1. The molecular weight excluding hydrogens is 460 g/mol. The van der Waals surface area contributed by atoms with Gasteiger partial charge < -0.3 is 23.9 Å². The van der Waals surface area contributed by atoms with E-state index in [2.05, 4.69) is 12.1 Å². The van der Waals surface area contributed by atoms with Gasteiger partial charge in [0, 0.05) is 28.1 Å². The number of cyclic esters (lactones) is 1. The van der Waals surface area contributed by atoms with Crippen LogP contribution in [0.5, 0.6) is 11.5 Å². The van der Waals surface area contributed by atoms with Crippen LogP contribution in [0.1, 0.15) is 35.6 Å². The van der Waals surface area contributed by atoms with Crippen LogP contribution in [0.2, 0.25) is 0 Å². The molecule has 2 aromatic heterocycles. The fourth-order valence-electron chi connectivity index (χ4n) is 5.57. The molecule has 0 amide bonds. The van der Waals surface area contributed by atoms with Gasteiger partial charge in [-0.25, -0.2) is 9.78 Å². The van der Waals surface area contributed by atoms with Crippen molar-refractivity contribution in [2.75, 3.05) is 6.79 Å². The van der Waals surface area contributed by atoms with Gasteiger partial charge in [0.05, 0.1) is 29.0 Å². The monoisotopic (exact) mass is 482 g/mol. The number of aromatic nitrogens is 2. The number of nitrogens with zero attached hydrogens (tertiary/aromatic N) is 2. The minimum atomic E-state index is -1.85. The molecule has 7 rings (SSSR count). The Balaban J connectivity index is 1.49. The Bertz CT molecular complexity index is 1710. The first-order chi connectivity index (χ1) is 17.4. The summed E-state index contributed by atoms with van der Waals surface area (Å²) in [7, 11) is 0. The highest BCUT2D eigenvalue weighted by molar-refractivity contribution is 6.02. The molecule has 0 bridgehead atoms. The maximum Gasteiger partial charge on any atom is 0.343 e. The molecule has 0 radical (unpaired) electrons. The quantitative estimate of drug-likeness (QED) is 0.382. The summed E-state index contributed by atoms with van der Waals surface area (Å²) in [5.41, 5.74) is 4.30. The molecule has 8 nitrogen and oxygen atoms in total. The molecule has 0 fully saturated rings. The van der Waals surface area contributed by atoms with Gasteiger partial charge in [-0.05, 0) is 31.0 Å². The van der Waals surface area contributed by atoms with E-state index in [4.69, 9.17) is 19.2 Å². The maximum absolute atomic E-state index is 13.5. The molecule has 0 saturated heterocycles. The lowest BCUT2D eigenvalue weighted by Gasteiger charge is -2.31. The third kappa shape index (κ3) is 2.70. The number of carbonyl (C=O) groups is 1. The van der Waals surface area contributed by atoms with E-state index in [9.17, 15) is 14.7 Å². The number of aliphatic hydroxyl groups is 1. The molecule has 3 aliphatic rings. The minimum Gasteiger partial charge on any atom is -0.458 e. The molecule has 1 N–H and O–H groups in total. The SMILES string of the molecule is CC[C@@]1(O)C(=O)OCc2c1cc1n(c2=O)Cc2cc3c(-c4cccc(C)c4)c4c(cc3nc2-1)OCO4. The van der Waals surface area contributed by atoms with Crippen LogP contribution < -0.4 is 15.0 Å². The summed E-state index contributed by atoms with van der Waals surface area (Å²) >= 11 is 0. The van der Waals surface area contributed by atoms with Gasteiger partial charge in [0.15, 0.2) is 17.1 Å². The lowest BCUT2D eigenvalue weighted by atomic mass is 9.86. The average Bonchev–Trinajstić information content (AvgIpc) is 3.48. The Morgan fingerprint density at radius 1 is 1.11 bits per heavy atom. The molecule has 8 heteroatoms. The van der Waals surface area contributed by atoms with E-state index in [0.29, 0.717) is 46.1 Å². The number of rotatable bonds is 2. The summed E-state index contributed by atoms with van der Waals surface area (Å²) in [5.74, 6) is 0.569. The van der Waals surface area contributed by atoms with E-state index >= 15 is 0 Å². The highest BCUT2D eigenvalue weighted by Crippen LogP contribution is 2.48. The van der Waals surface area contributed by atoms with Gasteiger partial charge in [-0.3, -0.25) is 4.79 Å². The predicted octanol–water partition coefficient (Wildman–Crippen LogP) is 3.78. The smallest absolute Gasteiger partial charge is 0.343 e. The Hall–Kier alpha value is -4.17. The fraction of sp³-hybridized carbons (Fsp3) is 0.250. The van der Waals surface area contributed by atoms with Crippen molar-refractivity contribution in [3.05, 3.63) is 75.1 Å². The lowest BCUT2D eigenvalue weighted by molar-refractivity contribution is -0.172. The van der Waals surface area contributed by atoms with Gasteiger partial charge in [-0.2, -0.15) is 0 Å². The second-order valence-electron chi connectivity index (χ2n) is 9.52. The van der Waals surface area contributed by atoms with Crippen LogP contribution in [0.3, 0.4) is 0 Å². The Labute approximate surface area is 205 Å². The summed E-state index contributed by atoms with van der Waals surface area (Å²) in [4.78, 5) is 30.9. The highest BCUT2D eigenvalue weighted by atomic mass is 16.7. The van der Waals surface area contributed by atoms with Crippen LogP contribution in [0.15, 0.2) is 47.3 Å². The Morgan fingerprint density at radius 2 is 1.97 bits per heavy atom. The van der Waals surface area contributed by atoms with E-state index in [1.165, 1.54) is 0 Å². The Kier molecular flexibility index (Phi) is 4.21. The maximum atomic E-state index is 13.5. The number of benzene rings is 2. The number of pyridine rings is 2. The van der Waals surface area contributed by atoms with Gasteiger partial charge in [-0.15, -0.1) is 0 Å². The molecular formula is C28H22N2O6. The third-order valence-electron chi connectivity index (χ3n) is 7.46. The molecule has 36 heavy (non-hydrogen) atoms. The molecule has 1 atom stereocenters. The second kappa shape index (κ2) is 7.18. The van der Waals surface area contributed by atoms with Crippen molar-refractivity contribution in [1.82, 2.24) is 9.55 Å². The molecule has 0 saturated carbocycles. The summed E-state index contributed by atoms with van der Waals surface area (Å²) in [6.07, 6.45) is 0.100. The van der Waals surface area contributed by atoms with Crippen molar-refractivity contribution < 1.29 is 24.1 Å². The predicted molar refractivity (Wildman–Crippen MR) is 131 cm³/mol. The molecule has 0 unspecified atom stereocenters. The van der Waals surface area contributed by atoms with Gasteiger partial charge in [-0.1, -0.05) is 36.8 Å². The first kappa shape index (κ1) is 21.1. The molecule has 2 aromatic carbocycles. The van der Waals surface area contributed by atoms with Crippen LogP contribution in [0, 0.1) is 6.92 Å². The van der Waals surface area contributed by atoms with Gasteiger partial charge in [0.1, 0.15) is 6.61 Å². The first-order valence-electron chi connectivity index (χ1n) is 11.9. The van der Waals surface area contributed by atoms with E-state index in [1.807, 2.05) is 31.2 Å². The zero-order valence-electron chi connectivity index (χ0n) is 19.8. The van der Waals surface area contributed by atoms with E-state index in [0.717, 1.165) is 27.6 Å². The molecule has 5 heterocycles. The largest absolute Gasteiger partial charge is 0.458 e. The molecule has 0 aliphatic carbocycles. The number of fused-ring (bicyclic) bond motifs is 6. The number of carbonyl (C=O) groups excluding carboxylic acids is 1. The van der Waals surface area contributed by atoms with Crippen molar-refractivity contribution in [1.29, 1.82) is 0 Å². The number of hydrogen-bond acceptors (Lipinski definition) is 7. The van der Waals surface area contributed by atoms with Crippen LogP contribution in [-0.2, 0) is 28.3 Å². The average molecular weight is 482 g/mol. The molecule has 3 aliphatic heterocycles. The topological polar surface area (TPSA) is 99.9 Å². The standard InChI is InChI=1S/C28H22N2O6/c1-3-28(33)19-9-21-24-16(11-30(21)26(31)18(19)12-34-27(28)32)8-17-20(29-24)10-22-25(36-13-35-22)23(17)15-6-4-5-14(2)7-15/h4-10,33H,3,11-13H2,1-2H3/t28-/m0/s1. The highest BCUT2D eigenvalue weighted by Gasteiger charge is 2.45. The second-order valence-corrected chi connectivity index (χ2v) is 9.52. The van der Waals surface area contributed by atoms with E-state index < -0.39 is 11.6 Å². The van der Waals surface area contributed by atoms with E-state index in [1.54, 1.807) is 17.6 Å². The lowest BCUT2D eigenvalue weighted by Crippen LogP contribution is -2.44. The molecule has 180 valence electrons. The minimum absolute atomic E-state index is 0.100. The van der Waals surface area contributed by atoms with Crippen molar-refractivity contribution in [3.63, 3.8) is 0 Å². The van der Waals surface area contributed by atoms with Gasteiger partial charge in [0.25, 0.3) is 5.56 Å². The first-order valence-corrected chi connectivity index (χ1v) is 11.9. The van der Waals surface area contributed by atoms with Crippen molar-refractivity contribution in [3.8, 4) is 34.0 Å². The Morgan fingerprint density at radius 3 is 2.78 bits per heavy atom. The van der Waals surface area contributed by atoms with Crippen molar-refractivity contribution in [2.45, 2.75) is 39.0 Å². The van der Waals surface area contributed by atoms with E-state index in [-0.39, 0.29) is 25.4 Å². The zero-order valence-corrected chi connectivity index (χ0v) is 19.8. The number of hydrogen-bond donors (Lipinski definition) is 1.